The van der Waals surface area contributed by atoms with Gasteiger partial charge in [-0.25, -0.2) is 0 Å². The summed E-state index contributed by atoms with van der Waals surface area (Å²) in [5.41, 5.74) is 7.67. The molecule has 2 heterocycles. The van der Waals surface area contributed by atoms with E-state index in [1.54, 1.807) is 0 Å². The number of aromatic nitrogens is 6. The Morgan fingerprint density at radius 1 is 0.630 bits per heavy atom. The second-order valence-corrected chi connectivity index (χ2v) is 10.5. The Morgan fingerprint density at radius 3 is 1.46 bits per heavy atom. The summed E-state index contributed by atoms with van der Waals surface area (Å²) in [7, 11) is 0. The third-order valence-corrected chi connectivity index (χ3v) is 6.84. The standard InChI is InChI=1S/C15H16ClF3N4.C15H18F3N5/c1-2-11(9-8-10-6-4-3-5-7-10)20-14-22-12(15(17,18)19)21-13(16)23-14;1-2-11(9-8-10-6-4-3-5-7-10)20-14-22-12(15(16,17)18)21-13(19)23-14/h3-7,11H,2,8-9H2,1H3,(H,20,21,22,23);3-7,11H,2,8-9H2,1H3,(H3,19,20,21,22,23). The maximum absolute atomic E-state index is 12.7. The lowest BCUT2D eigenvalue weighted by Gasteiger charge is -2.17. The zero-order valence-corrected chi connectivity index (χ0v) is 25.8. The van der Waals surface area contributed by atoms with Crippen molar-refractivity contribution in [1.82, 2.24) is 29.9 Å². The van der Waals surface area contributed by atoms with Crippen molar-refractivity contribution in [1.29, 1.82) is 0 Å². The topological polar surface area (TPSA) is 127 Å². The molecule has 16 heteroatoms. The second-order valence-electron chi connectivity index (χ2n) is 10.1. The number of nitrogens with zero attached hydrogens (tertiary/aromatic N) is 6. The molecule has 2 aromatic carbocycles. The lowest BCUT2D eigenvalue weighted by Crippen LogP contribution is -2.23. The largest absolute Gasteiger partial charge is 0.451 e. The Balaban J connectivity index is 0.000000250. The monoisotopic (exact) mass is 669 g/mol. The predicted octanol–water partition coefficient (Wildman–Crippen LogP) is 7.66. The summed E-state index contributed by atoms with van der Waals surface area (Å²) in [6.07, 6.45) is -4.78. The molecule has 4 N–H and O–H groups in total. The zero-order valence-electron chi connectivity index (χ0n) is 25.1. The number of nitrogens with two attached hydrogens (primary N) is 1. The van der Waals surface area contributed by atoms with Crippen molar-refractivity contribution < 1.29 is 26.3 Å². The van der Waals surface area contributed by atoms with Gasteiger partial charge in [-0.1, -0.05) is 74.5 Å². The van der Waals surface area contributed by atoms with E-state index in [2.05, 4.69) is 40.5 Å². The molecule has 0 fully saturated rings. The number of rotatable bonds is 12. The minimum atomic E-state index is -4.66. The first-order chi connectivity index (χ1) is 21.8. The number of benzene rings is 2. The molecule has 9 nitrogen and oxygen atoms in total. The summed E-state index contributed by atoms with van der Waals surface area (Å²) in [5, 5.41) is 5.34. The van der Waals surface area contributed by atoms with E-state index in [4.69, 9.17) is 17.3 Å². The molecule has 0 saturated carbocycles. The van der Waals surface area contributed by atoms with Crippen LogP contribution in [0.1, 0.15) is 62.3 Å². The molecule has 2 aromatic heterocycles. The van der Waals surface area contributed by atoms with Crippen molar-refractivity contribution >= 4 is 29.4 Å². The minimum absolute atomic E-state index is 0.0573. The van der Waals surface area contributed by atoms with Crippen LogP contribution in [0.5, 0.6) is 0 Å². The van der Waals surface area contributed by atoms with E-state index in [0.717, 1.165) is 44.1 Å². The van der Waals surface area contributed by atoms with Crippen LogP contribution in [0.3, 0.4) is 0 Å². The van der Waals surface area contributed by atoms with Crippen molar-refractivity contribution in [3.8, 4) is 0 Å². The highest BCUT2D eigenvalue weighted by Crippen LogP contribution is 2.28. The van der Waals surface area contributed by atoms with Crippen molar-refractivity contribution in [3.05, 3.63) is 88.7 Å². The van der Waals surface area contributed by atoms with Crippen molar-refractivity contribution in [2.75, 3.05) is 16.4 Å². The first-order valence-corrected chi connectivity index (χ1v) is 14.8. The van der Waals surface area contributed by atoms with Gasteiger partial charge in [-0.3, -0.25) is 0 Å². The molecule has 0 bridgehead atoms. The first kappa shape index (κ1) is 36.2. The Kier molecular flexibility index (Phi) is 13.3. The van der Waals surface area contributed by atoms with E-state index in [0.29, 0.717) is 0 Å². The van der Waals surface area contributed by atoms with Gasteiger partial charge < -0.3 is 16.4 Å². The number of hydrogen-bond acceptors (Lipinski definition) is 9. The van der Waals surface area contributed by atoms with E-state index in [1.807, 2.05) is 74.5 Å². The van der Waals surface area contributed by atoms with Crippen LogP contribution in [0.15, 0.2) is 60.7 Å². The van der Waals surface area contributed by atoms with Crippen LogP contribution in [-0.4, -0.2) is 42.0 Å². The van der Waals surface area contributed by atoms with Gasteiger partial charge in [0.05, 0.1) is 0 Å². The molecule has 4 aromatic rings. The van der Waals surface area contributed by atoms with Gasteiger partial charge >= 0.3 is 12.4 Å². The number of alkyl halides is 6. The summed E-state index contributed by atoms with van der Waals surface area (Å²) in [4.78, 5) is 20.5. The van der Waals surface area contributed by atoms with E-state index in [9.17, 15) is 26.3 Å². The molecule has 4 rings (SSSR count). The van der Waals surface area contributed by atoms with Gasteiger partial charge in [-0.2, -0.15) is 56.2 Å². The van der Waals surface area contributed by atoms with Gasteiger partial charge in [-0.15, -0.1) is 0 Å². The number of hydrogen-bond donors (Lipinski definition) is 3. The molecule has 0 aliphatic heterocycles. The summed E-state index contributed by atoms with van der Waals surface area (Å²) in [6, 6.07) is 19.6. The van der Waals surface area contributed by atoms with Crippen LogP contribution >= 0.6 is 11.6 Å². The molecule has 0 radical (unpaired) electrons. The first-order valence-electron chi connectivity index (χ1n) is 14.4. The number of nitrogen functional groups attached to an aromatic ring is 1. The lowest BCUT2D eigenvalue weighted by molar-refractivity contribution is -0.145. The van der Waals surface area contributed by atoms with E-state index < -0.39 is 35.2 Å². The Hall–Kier alpha value is -4.27. The maximum Gasteiger partial charge on any atom is 0.451 e. The molecule has 46 heavy (non-hydrogen) atoms. The average Bonchev–Trinajstić information content (AvgIpc) is 3.01. The molecular weight excluding hydrogens is 636 g/mol. The fraction of sp³-hybridized carbons (Fsp3) is 0.400. The molecule has 248 valence electrons. The summed E-state index contributed by atoms with van der Waals surface area (Å²) in [5.74, 6) is -3.34. The van der Waals surface area contributed by atoms with Crippen LogP contribution < -0.4 is 16.4 Å². The number of anilines is 3. The van der Waals surface area contributed by atoms with Gasteiger partial charge in [0.25, 0.3) is 0 Å². The molecule has 0 aliphatic carbocycles. The molecule has 0 saturated heterocycles. The second kappa shape index (κ2) is 16.9. The van der Waals surface area contributed by atoms with E-state index in [-0.39, 0.29) is 24.0 Å². The molecular formula is C30H34ClF6N9. The van der Waals surface area contributed by atoms with Crippen molar-refractivity contribution in [2.24, 2.45) is 0 Å². The maximum atomic E-state index is 12.7. The highest BCUT2D eigenvalue weighted by molar-refractivity contribution is 6.28. The average molecular weight is 670 g/mol. The molecule has 0 spiro atoms. The van der Waals surface area contributed by atoms with Crippen LogP contribution in [0, 0.1) is 0 Å². The molecule has 2 unspecified atom stereocenters. The molecule has 0 aliphatic rings. The minimum Gasteiger partial charge on any atom is -0.368 e. The predicted molar refractivity (Wildman–Crippen MR) is 164 cm³/mol. The molecule has 2 atom stereocenters. The van der Waals surface area contributed by atoms with E-state index >= 15 is 0 Å². The molecule has 0 amide bonds. The smallest absolute Gasteiger partial charge is 0.368 e. The number of aryl methyl sites for hydroxylation is 2. The van der Waals surface area contributed by atoms with Crippen LogP contribution in [-0.2, 0) is 25.2 Å². The normalized spacial score (nSPS) is 12.9. The Labute approximate surface area is 267 Å². The third kappa shape index (κ3) is 12.3. The lowest BCUT2D eigenvalue weighted by atomic mass is 10.0. The summed E-state index contributed by atoms with van der Waals surface area (Å²) in [6.45, 7) is 3.88. The Bertz CT molecular complexity index is 1380. The van der Waals surface area contributed by atoms with Gasteiger partial charge in [0.1, 0.15) is 0 Å². The number of nitrogens with one attached hydrogen (secondary N) is 2. The SMILES string of the molecule is CCC(CCc1ccccc1)Nc1nc(Cl)nc(C(F)(F)F)n1.CCC(CCc1ccccc1)Nc1nc(N)nc(C(F)(F)F)n1. The quantitative estimate of drug-likeness (QED) is 0.130. The van der Waals surface area contributed by atoms with E-state index in [1.165, 1.54) is 5.56 Å². The Morgan fingerprint density at radius 2 is 1.04 bits per heavy atom. The van der Waals surface area contributed by atoms with Gasteiger partial charge in [0, 0.05) is 12.1 Å². The van der Waals surface area contributed by atoms with Crippen LogP contribution in [0.2, 0.25) is 5.28 Å². The van der Waals surface area contributed by atoms with Gasteiger partial charge in [0.15, 0.2) is 0 Å². The fourth-order valence-electron chi connectivity index (χ4n) is 4.22. The van der Waals surface area contributed by atoms with Crippen LogP contribution in [0.4, 0.5) is 44.2 Å². The van der Waals surface area contributed by atoms with Gasteiger partial charge in [0.2, 0.25) is 34.8 Å². The summed E-state index contributed by atoms with van der Waals surface area (Å²) < 4.78 is 76.2. The van der Waals surface area contributed by atoms with Crippen LogP contribution in [0.25, 0.3) is 0 Å². The number of halogens is 7. The fourth-order valence-corrected chi connectivity index (χ4v) is 4.38. The third-order valence-electron chi connectivity index (χ3n) is 6.67. The van der Waals surface area contributed by atoms with Crippen molar-refractivity contribution in [3.63, 3.8) is 0 Å². The zero-order chi connectivity index (χ0) is 33.7. The van der Waals surface area contributed by atoms with Crippen molar-refractivity contribution in [2.45, 2.75) is 76.8 Å². The highest BCUT2D eigenvalue weighted by Gasteiger charge is 2.36. The van der Waals surface area contributed by atoms with Gasteiger partial charge in [-0.05, 0) is 61.3 Å². The summed E-state index contributed by atoms with van der Waals surface area (Å²) >= 11 is 5.55. The highest BCUT2D eigenvalue weighted by atomic mass is 35.5.